The molecule has 39 heavy (non-hydrogen) atoms. The number of benzene rings is 3. The highest BCUT2D eigenvalue weighted by molar-refractivity contribution is 5.97. The number of ketones is 1. The number of phenolic OH excluding ortho intramolecular Hbond substituents is 1. The minimum absolute atomic E-state index is 0.0188. The number of carbonyl (C=O) groups excluding carboxylic acids is 1. The Morgan fingerprint density at radius 2 is 1.79 bits per heavy atom. The van der Waals surface area contributed by atoms with Gasteiger partial charge in [-0.15, -0.1) is 0 Å². The lowest BCUT2D eigenvalue weighted by Crippen LogP contribution is -2.50. The van der Waals surface area contributed by atoms with E-state index < -0.39 is 0 Å². The van der Waals surface area contributed by atoms with Crippen LogP contribution in [0.25, 0.3) is 0 Å². The van der Waals surface area contributed by atoms with Crippen LogP contribution in [0.4, 0.5) is 0 Å². The van der Waals surface area contributed by atoms with Gasteiger partial charge in [0.25, 0.3) is 0 Å². The standard InChI is InChI=1S/C31H38N2O4.C2H6/c1-5-7-28-30(17-15-27(22(4)34)31(28)35)36-19-23-8-6-9-26(18-23)37-25-13-11-24(12-14-25)21(3)32-33-29-16-10-20(29)2;1-2/h6,8-9,11-15,17-18,20-21,29,32-33,35H,5,7,10,16,19H2,1-4H3;1-2H3. The van der Waals surface area contributed by atoms with Crippen molar-refractivity contribution < 1.29 is 19.4 Å². The van der Waals surface area contributed by atoms with Crippen molar-refractivity contribution in [2.24, 2.45) is 5.92 Å². The zero-order chi connectivity index (χ0) is 28.4. The number of aromatic hydroxyl groups is 1. The van der Waals surface area contributed by atoms with Crippen molar-refractivity contribution in [3.05, 3.63) is 82.9 Å². The van der Waals surface area contributed by atoms with Crippen LogP contribution in [0.1, 0.15) is 93.9 Å². The molecule has 1 aliphatic carbocycles. The summed E-state index contributed by atoms with van der Waals surface area (Å²) in [6.07, 6.45) is 3.99. The van der Waals surface area contributed by atoms with Gasteiger partial charge in [-0.3, -0.25) is 15.6 Å². The van der Waals surface area contributed by atoms with Crippen LogP contribution >= 0.6 is 0 Å². The molecular weight excluding hydrogens is 488 g/mol. The second-order valence-electron chi connectivity index (χ2n) is 10.0. The number of phenols is 1. The van der Waals surface area contributed by atoms with Gasteiger partial charge < -0.3 is 14.6 Å². The summed E-state index contributed by atoms with van der Waals surface area (Å²) in [5.74, 6) is 2.67. The minimum atomic E-state index is -0.162. The van der Waals surface area contributed by atoms with Crippen LogP contribution in [0.15, 0.2) is 60.7 Å². The Labute approximate surface area is 233 Å². The van der Waals surface area contributed by atoms with Gasteiger partial charge in [-0.25, -0.2) is 0 Å². The first-order chi connectivity index (χ1) is 18.9. The average Bonchev–Trinajstić information content (AvgIpc) is 2.94. The predicted molar refractivity (Wildman–Crippen MR) is 158 cm³/mol. The zero-order valence-corrected chi connectivity index (χ0v) is 24.2. The number of rotatable bonds is 12. The summed E-state index contributed by atoms with van der Waals surface area (Å²) in [5, 5.41) is 10.6. The SMILES string of the molecule is CC.CCCc1c(OCc2cccc(Oc3ccc(C(C)NNC4CCC4C)cc3)c2)ccc(C(C)=O)c1O. The third kappa shape index (κ3) is 8.07. The molecule has 0 spiro atoms. The van der Waals surface area contributed by atoms with Gasteiger partial charge >= 0.3 is 0 Å². The summed E-state index contributed by atoms with van der Waals surface area (Å²) in [4.78, 5) is 11.8. The third-order valence-corrected chi connectivity index (χ3v) is 7.13. The molecule has 3 N–H and O–H groups in total. The van der Waals surface area contributed by atoms with Crippen molar-refractivity contribution in [1.29, 1.82) is 0 Å². The van der Waals surface area contributed by atoms with Crippen LogP contribution in [0.3, 0.4) is 0 Å². The largest absolute Gasteiger partial charge is 0.507 e. The van der Waals surface area contributed by atoms with Crippen LogP contribution in [-0.2, 0) is 13.0 Å². The highest BCUT2D eigenvalue weighted by Crippen LogP contribution is 2.34. The van der Waals surface area contributed by atoms with Crippen molar-refractivity contribution in [3.63, 3.8) is 0 Å². The molecule has 1 saturated carbocycles. The van der Waals surface area contributed by atoms with Crippen molar-refractivity contribution in [2.75, 3.05) is 0 Å². The Kier molecular flexibility index (Phi) is 11.4. The van der Waals surface area contributed by atoms with Crippen LogP contribution in [0.2, 0.25) is 0 Å². The fourth-order valence-electron chi connectivity index (χ4n) is 4.55. The molecule has 210 valence electrons. The van der Waals surface area contributed by atoms with Gasteiger partial charge in [0.15, 0.2) is 5.78 Å². The second-order valence-corrected chi connectivity index (χ2v) is 10.0. The smallest absolute Gasteiger partial charge is 0.163 e. The van der Waals surface area contributed by atoms with E-state index in [4.69, 9.17) is 9.47 Å². The van der Waals surface area contributed by atoms with Gasteiger partial charge in [0.05, 0.1) is 5.56 Å². The third-order valence-electron chi connectivity index (χ3n) is 7.13. The fourth-order valence-corrected chi connectivity index (χ4v) is 4.55. The first-order valence-electron chi connectivity index (χ1n) is 14.2. The number of hydrazine groups is 1. The first kappa shape index (κ1) is 30.2. The maximum atomic E-state index is 11.8. The quantitative estimate of drug-likeness (QED) is 0.163. The van der Waals surface area contributed by atoms with Crippen molar-refractivity contribution in [2.45, 2.75) is 85.9 Å². The molecule has 6 nitrogen and oxygen atoms in total. The number of ether oxygens (including phenoxy) is 2. The number of nitrogens with one attached hydrogen (secondary N) is 2. The normalized spacial score (nSPS) is 16.9. The summed E-state index contributed by atoms with van der Waals surface area (Å²) in [6.45, 7) is 12.2. The van der Waals surface area contributed by atoms with Gasteiger partial charge in [0.2, 0.25) is 0 Å². The molecular formula is C33H44N2O4. The summed E-state index contributed by atoms with van der Waals surface area (Å²) < 4.78 is 12.2. The lowest BCUT2D eigenvalue weighted by atomic mass is 9.82. The Morgan fingerprint density at radius 3 is 2.41 bits per heavy atom. The topological polar surface area (TPSA) is 79.8 Å². The molecule has 3 unspecified atom stereocenters. The van der Waals surface area contributed by atoms with Crippen LogP contribution in [0.5, 0.6) is 23.0 Å². The molecule has 0 amide bonds. The molecule has 0 heterocycles. The van der Waals surface area contributed by atoms with E-state index in [0.29, 0.717) is 35.9 Å². The summed E-state index contributed by atoms with van der Waals surface area (Å²) >= 11 is 0. The zero-order valence-electron chi connectivity index (χ0n) is 24.2. The molecule has 1 aliphatic rings. The molecule has 3 aromatic rings. The van der Waals surface area contributed by atoms with Gasteiger partial charge in [-0.1, -0.05) is 58.4 Å². The molecule has 3 atom stereocenters. The van der Waals surface area contributed by atoms with Crippen molar-refractivity contribution in [1.82, 2.24) is 10.9 Å². The molecule has 0 radical (unpaired) electrons. The van der Waals surface area contributed by atoms with E-state index in [1.165, 1.54) is 25.3 Å². The Balaban J connectivity index is 0.00000205. The van der Waals surface area contributed by atoms with E-state index in [0.717, 1.165) is 29.4 Å². The summed E-state index contributed by atoms with van der Waals surface area (Å²) in [6, 6.07) is 20.1. The number of carbonyl (C=O) groups is 1. The molecule has 6 heteroatoms. The van der Waals surface area contributed by atoms with Crippen molar-refractivity contribution in [3.8, 4) is 23.0 Å². The van der Waals surface area contributed by atoms with Gasteiger partial charge in [-0.2, -0.15) is 0 Å². The predicted octanol–water partition coefficient (Wildman–Crippen LogP) is 7.90. The van der Waals surface area contributed by atoms with Crippen LogP contribution in [0, 0.1) is 5.92 Å². The summed E-state index contributed by atoms with van der Waals surface area (Å²) in [5.41, 5.74) is 10.0. The highest BCUT2D eigenvalue weighted by atomic mass is 16.5. The molecule has 3 aromatic carbocycles. The van der Waals surface area contributed by atoms with E-state index in [-0.39, 0.29) is 17.6 Å². The maximum Gasteiger partial charge on any atom is 0.163 e. The Hall–Kier alpha value is -3.35. The second kappa shape index (κ2) is 14.7. The minimum Gasteiger partial charge on any atom is -0.507 e. The molecule has 0 aliphatic heterocycles. The average molecular weight is 533 g/mol. The van der Waals surface area contributed by atoms with E-state index in [1.54, 1.807) is 12.1 Å². The molecule has 0 saturated heterocycles. The number of hydrogen-bond donors (Lipinski definition) is 3. The molecule has 4 rings (SSSR count). The van der Waals surface area contributed by atoms with E-state index in [9.17, 15) is 9.90 Å². The van der Waals surface area contributed by atoms with E-state index in [2.05, 4.69) is 36.8 Å². The maximum absolute atomic E-state index is 11.8. The monoisotopic (exact) mass is 532 g/mol. The summed E-state index contributed by atoms with van der Waals surface area (Å²) in [7, 11) is 0. The number of hydrogen-bond acceptors (Lipinski definition) is 6. The molecule has 1 fully saturated rings. The lowest BCUT2D eigenvalue weighted by Gasteiger charge is -2.35. The van der Waals surface area contributed by atoms with Gasteiger partial charge in [-0.05, 0) is 86.6 Å². The van der Waals surface area contributed by atoms with Crippen molar-refractivity contribution >= 4 is 5.78 Å². The molecule has 0 aromatic heterocycles. The fraction of sp³-hybridized carbons (Fsp3) is 0.424. The Bertz CT molecular complexity index is 1210. The number of Topliss-reactive ketones (excluding diaryl/α,β-unsaturated/α-hetero) is 1. The first-order valence-corrected chi connectivity index (χ1v) is 14.2. The highest BCUT2D eigenvalue weighted by Gasteiger charge is 2.26. The van der Waals surface area contributed by atoms with E-state index in [1.807, 2.05) is 57.2 Å². The van der Waals surface area contributed by atoms with E-state index >= 15 is 0 Å². The molecule has 0 bridgehead atoms. The Morgan fingerprint density at radius 1 is 1.05 bits per heavy atom. The van der Waals surface area contributed by atoms with Gasteiger partial charge in [0.1, 0.15) is 29.6 Å². The van der Waals surface area contributed by atoms with Crippen LogP contribution < -0.4 is 20.3 Å². The van der Waals surface area contributed by atoms with Gasteiger partial charge in [0, 0.05) is 17.6 Å². The van der Waals surface area contributed by atoms with Crippen LogP contribution in [-0.4, -0.2) is 16.9 Å². The lowest BCUT2D eigenvalue weighted by molar-refractivity contribution is 0.101.